The number of hydrogen-bond acceptors (Lipinski definition) is 2. The lowest BCUT2D eigenvalue weighted by atomic mass is 10.1. The molecule has 0 saturated heterocycles. The number of hydrogen-bond donors (Lipinski definition) is 2. The standard InChI is InChI=1S/C9H21N3/c1-4-6-8(3)9(12-10)11-7-5-2/h8H,4-7,10H2,1-3H3,(H,11,12). The molecule has 0 aromatic rings. The molecule has 0 rings (SSSR count). The summed E-state index contributed by atoms with van der Waals surface area (Å²) in [7, 11) is 0. The highest BCUT2D eigenvalue weighted by Gasteiger charge is 2.06. The van der Waals surface area contributed by atoms with E-state index < -0.39 is 0 Å². The smallest absolute Gasteiger partial charge is 0.113 e. The van der Waals surface area contributed by atoms with Gasteiger partial charge in [0.05, 0.1) is 0 Å². The van der Waals surface area contributed by atoms with Crippen molar-refractivity contribution in [3.8, 4) is 0 Å². The first kappa shape index (κ1) is 11.4. The summed E-state index contributed by atoms with van der Waals surface area (Å²) in [6.07, 6.45) is 3.39. The topological polar surface area (TPSA) is 50.4 Å². The predicted octanol–water partition coefficient (Wildman–Crippen LogP) is 1.69. The van der Waals surface area contributed by atoms with Crippen LogP contribution in [0.2, 0.25) is 0 Å². The highest BCUT2D eigenvalue weighted by Crippen LogP contribution is 2.05. The molecule has 3 heteroatoms. The van der Waals surface area contributed by atoms with Crippen LogP contribution in [0.3, 0.4) is 0 Å². The molecule has 1 atom stereocenters. The van der Waals surface area contributed by atoms with Crippen LogP contribution >= 0.6 is 0 Å². The Bertz CT molecular complexity index is 132. The van der Waals surface area contributed by atoms with Crippen molar-refractivity contribution in [2.24, 2.45) is 16.8 Å². The van der Waals surface area contributed by atoms with Gasteiger partial charge in [0.25, 0.3) is 0 Å². The maximum atomic E-state index is 5.36. The third-order valence-corrected chi connectivity index (χ3v) is 1.84. The molecule has 0 bridgehead atoms. The van der Waals surface area contributed by atoms with Gasteiger partial charge in [0.1, 0.15) is 5.84 Å². The Kier molecular flexibility index (Phi) is 6.76. The van der Waals surface area contributed by atoms with Crippen LogP contribution in [0, 0.1) is 5.92 Å². The number of rotatable bonds is 5. The summed E-state index contributed by atoms with van der Waals surface area (Å²) in [6, 6.07) is 0. The van der Waals surface area contributed by atoms with Crippen LogP contribution in [0.4, 0.5) is 0 Å². The summed E-state index contributed by atoms with van der Waals surface area (Å²) >= 11 is 0. The Morgan fingerprint density at radius 2 is 2.08 bits per heavy atom. The third-order valence-electron chi connectivity index (χ3n) is 1.84. The van der Waals surface area contributed by atoms with E-state index in [1.807, 2.05) is 0 Å². The predicted molar refractivity (Wildman–Crippen MR) is 54.0 cm³/mol. The van der Waals surface area contributed by atoms with E-state index in [9.17, 15) is 0 Å². The maximum Gasteiger partial charge on any atom is 0.113 e. The van der Waals surface area contributed by atoms with Crippen molar-refractivity contribution in [3.05, 3.63) is 0 Å². The summed E-state index contributed by atoms with van der Waals surface area (Å²) in [5.74, 6) is 6.77. The molecule has 0 heterocycles. The highest BCUT2D eigenvalue weighted by atomic mass is 15.3. The van der Waals surface area contributed by atoms with E-state index >= 15 is 0 Å². The van der Waals surface area contributed by atoms with E-state index in [2.05, 4.69) is 31.2 Å². The molecule has 0 fully saturated rings. The van der Waals surface area contributed by atoms with Crippen LogP contribution in [-0.4, -0.2) is 12.4 Å². The monoisotopic (exact) mass is 171 g/mol. The zero-order chi connectivity index (χ0) is 9.40. The van der Waals surface area contributed by atoms with Crippen LogP contribution < -0.4 is 11.3 Å². The second kappa shape index (κ2) is 7.10. The average Bonchev–Trinajstić information content (AvgIpc) is 2.06. The molecule has 0 saturated carbocycles. The lowest BCUT2D eigenvalue weighted by molar-refractivity contribution is 0.640. The van der Waals surface area contributed by atoms with Gasteiger partial charge < -0.3 is 5.43 Å². The van der Waals surface area contributed by atoms with Crippen molar-refractivity contribution >= 4 is 5.84 Å². The van der Waals surface area contributed by atoms with Gasteiger partial charge in [-0.3, -0.25) is 4.99 Å². The van der Waals surface area contributed by atoms with E-state index in [-0.39, 0.29) is 0 Å². The number of nitrogens with zero attached hydrogens (tertiary/aromatic N) is 1. The number of nitrogens with two attached hydrogens (primary N) is 1. The number of amidine groups is 1. The van der Waals surface area contributed by atoms with Crippen molar-refractivity contribution in [1.82, 2.24) is 5.43 Å². The van der Waals surface area contributed by atoms with Gasteiger partial charge in [0.15, 0.2) is 0 Å². The summed E-state index contributed by atoms with van der Waals surface area (Å²) in [6.45, 7) is 7.30. The van der Waals surface area contributed by atoms with Crippen molar-refractivity contribution in [2.45, 2.75) is 40.0 Å². The summed E-state index contributed by atoms with van der Waals surface area (Å²) in [5.41, 5.74) is 2.67. The molecule has 0 aliphatic heterocycles. The molecule has 3 nitrogen and oxygen atoms in total. The molecule has 12 heavy (non-hydrogen) atoms. The zero-order valence-corrected chi connectivity index (χ0v) is 8.43. The number of nitrogens with one attached hydrogen (secondary N) is 1. The first-order chi connectivity index (χ1) is 5.76. The fourth-order valence-electron chi connectivity index (χ4n) is 1.15. The SMILES string of the molecule is CCCN=C(NN)C(C)CCC. The minimum Gasteiger partial charge on any atom is -0.312 e. The number of hydrazine groups is 1. The van der Waals surface area contributed by atoms with Crippen LogP contribution in [0.5, 0.6) is 0 Å². The number of aliphatic imine (C=N–C) groups is 1. The van der Waals surface area contributed by atoms with Crippen molar-refractivity contribution < 1.29 is 0 Å². The van der Waals surface area contributed by atoms with Crippen molar-refractivity contribution in [2.75, 3.05) is 6.54 Å². The molecular formula is C9H21N3. The van der Waals surface area contributed by atoms with E-state index in [1.54, 1.807) is 0 Å². The molecule has 72 valence electrons. The van der Waals surface area contributed by atoms with Crippen LogP contribution in [0.1, 0.15) is 40.0 Å². The molecule has 0 aromatic carbocycles. The Morgan fingerprint density at radius 3 is 2.50 bits per heavy atom. The van der Waals surface area contributed by atoms with E-state index in [4.69, 9.17) is 5.84 Å². The lowest BCUT2D eigenvalue weighted by Crippen LogP contribution is -2.35. The minimum absolute atomic E-state index is 0.464. The molecule has 0 aliphatic carbocycles. The second-order valence-electron chi connectivity index (χ2n) is 3.10. The van der Waals surface area contributed by atoms with E-state index in [0.717, 1.165) is 25.2 Å². The van der Waals surface area contributed by atoms with Crippen LogP contribution in [0.15, 0.2) is 4.99 Å². The van der Waals surface area contributed by atoms with Gasteiger partial charge in [-0.15, -0.1) is 0 Å². The quantitative estimate of drug-likeness (QED) is 0.286. The molecule has 0 aliphatic rings. The van der Waals surface area contributed by atoms with Crippen molar-refractivity contribution in [1.29, 1.82) is 0 Å². The fourth-order valence-corrected chi connectivity index (χ4v) is 1.15. The molecule has 3 N–H and O–H groups in total. The van der Waals surface area contributed by atoms with Crippen LogP contribution in [-0.2, 0) is 0 Å². The summed E-state index contributed by atoms with van der Waals surface area (Å²) in [5, 5.41) is 0. The van der Waals surface area contributed by atoms with Gasteiger partial charge in [-0.05, 0) is 12.8 Å². The zero-order valence-electron chi connectivity index (χ0n) is 8.43. The Labute approximate surface area is 75.4 Å². The van der Waals surface area contributed by atoms with Gasteiger partial charge >= 0.3 is 0 Å². The Balaban J connectivity index is 3.94. The molecular weight excluding hydrogens is 150 g/mol. The Morgan fingerprint density at radius 1 is 1.42 bits per heavy atom. The first-order valence-electron chi connectivity index (χ1n) is 4.77. The second-order valence-corrected chi connectivity index (χ2v) is 3.10. The first-order valence-corrected chi connectivity index (χ1v) is 4.77. The lowest BCUT2D eigenvalue weighted by Gasteiger charge is -2.12. The molecule has 1 unspecified atom stereocenters. The van der Waals surface area contributed by atoms with Crippen molar-refractivity contribution in [3.63, 3.8) is 0 Å². The minimum atomic E-state index is 0.464. The summed E-state index contributed by atoms with van der Waals surface area (Å²) < 4.78 is 0. The fraction of sp³-hybridized carbons (Fsp3) is 0.889. The highest BCUT2D eigenvalue weighted by molar-refractivity contribution is 5.83. The van der Waals surface area contributed by atoms with Gasteiger partial charge in [-0.1, -0.05) is 27.2 Å². The van der Waals surface area contributed by atoms with Gasteiger partial charge in [-0.25, -0.2) is 5.84 Å². The Hall–Kier alpha value is -0.570. The van der Waals surface area contributed by atoms with E-state index in [0.29, 0.717) is 5.92 Å². The van der Waals surface area contributed by atoms with Gasteiger partial charge in [0.2, 0.25) is 0 Å². The van der Waals surface area contributed by atoms with Gasteiger partial charge in [-0.2, -0.15) is 0 Å². The summed E-state index contributed by atoms with van der Waals surface area (Å²) in [4.78, 5) is 4.36. The largest absolute Gasteiger partial charge is 0.312 e. The van der Waals surface area contributed by atoms with Gasteiger partial charge in [0, 0.05) is 12.5 Å². The molecule has 0 aromatic heterocycles. The van der Waals surface area contributed by atoms with Crippen LogP contribution in [0.25, 0.3) is 0 Å². The maximum absolute atomic E-state index is 5.36. The third kappa shape index (κ3) is 4.34. The van der Waals surface area contributed by atoms with E-state index in [1.165, 1.54) is 6.42 Å². The average molecular weight is 171 g/mol. The normalized spacial score (nSPS) is 14.5. The molecule has 0 amide bonds. The molecule has 0 spiro atoms. The molecule has 0 radical (unpaired) electrons.